The van der Waals surface area contributed by atoms with Gasteiger partial charge in [-0.05, 0) is 6.08 Å². The van der Waals surface area contributed by atoms with Crippen LogP contribution in [0.15, 0.2) is 11.8 Å². The molecule has 2 aliphatic heterocycles. The number of carboxylic acid groups (broad SMARTS) is 1. The molecule has 17 heteroatoms. The van der Waals surface area contributed by atoms with Gasteiger partial charge in [0.2, 0.25) is 5.76 Å². The summed E-state index contributed by atoms with van der Waals surface area (Å²) in [5, 5.41) is 39.6. The van der Waals surface area contributed by atoms with Crippen LogP contribution in [0.5, 0.6) is 0 Å². The van der Waals surface area contributed by atoms with Gasteiger partial charge in [0.1, 0.15) is 18.3 Å². The molecule has 1 fully saturated rings. The third-order valence-corrected chi connectivity index (χ3v) is 5.24. The van der Waals surface area contributed by atoms with Crippen molar-refractivity contribution in [2.75, 3.05) is 32.9 Å². The molecule has 10 nitrogen and oxygen atoms in total. The van der Waals surface area contributed by atoms with Gasteiger partial charge in [-0.25, -0.2) is 4.79 Å². The van der Waals surface area contributed by atoms with Gasteiger partial charge in [-0.1, -0.05) is 0 Å². The van der Waals surface area contributed by atoms with Crippen LogP contribution in [0.4, 0.5) is 30.7 Å². The lowest BCUT2D eigenvalue weighted by atomic mass is 9.90. The van der Waals surface area contributed by atoms with E-state index in [1.165, 1.54) is 10.2 Å². The number of nitrogens with one attached hydrogen (secondary N) is 1. The Kier molecular flexibility index (Phi) is 8.40. The van der Waals surface area contributed by atoms with Gasteiger partial charge < -0.3 is 35.2 Å². The van der Waals surface area contributed by atoms with Gasteiger partial charge in [0.15, 0.2) is 0 Å². The van der Waals surface area contributed by atoms with Crippen molar-refractivity contribution < 1.29 is 70.2 Å². The van der Waals surface area contributed by atoms with Crippen molar-refractivity contribution in [1.82, 2.24) is 10.2 Å². The van der Waals surface area contributed by atoms with E-state index in [9.17, 15) is 55.6 Å². The van der Waals surface area contributed by atoms with E-state index in [-0.39, 0.29) is 26.3 Å². The fourth-order valence-corrected chi connectivity index (χ4v) is 3.38. The first-order valence-corrected chi connectivity index (χ1v) is 9.60. The van der Waals surface area contributed by atoms with Crippen LogP contribution in [0.1, 0.15) is 0 Å². The standard InChI is InChI=1S/C17H21F7N2O8/c18-15(19,16(20,21)17(22,23)24)14(32)25-10-7(26-1-3-33-4-2-26)5-9(13(30)31)34-12(10)11(29)8(28)6-27/h5,7-8,10-12,27-29H,1-4,6H2,(H,25,32)(H,30,31)/t7-,8+,10+,11+,12+/m0/s1. The molecule has 0 radical (unpaired) electrons. The Morgan fingerprint density at radius 1 is 1.12 bits per heavy atom. The third-order valence-electron chi connectivity index (χ3n) is 5.24. The first kappa shape index (κ1) is 28.0. The number of nitrogens with zero attached hydrogens (tertiary/aromatic N) is 1. The van der Waals surface area contributed by atoms with E-state index >= 15 is 0 Å². The molecule has 1 amide bonds. The summed E-state index contributed by atoms with van der Waals surface area (Å²) in [6.45, 7) is -1.19. The summed E-state index contributed by atoms with van der Waals surface area (Å²) < 4.78 is 102. The lowest BCUT2D eigenvalue weighted by Crippen LogP contribution is -2.68. The lowest BCUT2D eigenvalue weighted by Gasteiger charge is -2.45. The molecule has 5 atom stereocenters. The highest BCUT2D eigenvalue weighted by Gasteiger charge is 2.76. The Hall–Kier alpha value is -2.21. The summed E-state index contributed by atoms with van der Waals surface area (Å²) in [5.74, 6) is -18.8. The van der Waals surface area contributed by atoms with Crippen molar-refractivity contribution in [1.29, 1.82) is 0 Å². The molecule has 2 rings (SSSR count). The minimum Gasteiger partial charge on any atom is -0.478 e. The van der Waals surface area contributed by atoms with Crippen molar-refractivity contribution in [2.45, 2.75) is 48.4 Å². The zero-order valence-electron chi connectivity index (χ0n) is 17.0. The van der Waals surface area contributed by atoms with Crippen LogP contribution in [0.2, 0.25) is 0 Å². The molecule has 0 aromatic heterocycles. The number of hydrogen-bond donors (Lipinski definition) is 5. The second kappa shape index (κ2) is 10.2. The van der Waals surface area contributed by atoms with Gasteiger partial charge in [-0.2, -0.15) is 30.7 Å². The number of aliphatic carboxylic acids is 1. The number of halogens is 7. The number of amides is 1. The summed E-state index contributed by atoms with van der Waals surface area (Å²) in [7, 11) is 0. The summed E-state index contributed by atoms with van der Waals surface area (Å²) in [6.07, 6.45) is -12.6. The lowest BCUT2D eigenvalue weighted by molar-refractivity contribution is -0.344. The van der Waals surface area contributed by atoms with Crippen LogP contribution in [0.25, 0.3) is 0 Å². The van der Waals surface area contributed by atoms with Gasteiger partial charge in [0.05, 0.1) is 31.9 Å². The predicted octanol–water partition coefficient (Wildman–Crippen LogP) is -0.914. The van der Waals surface area contributed by atoms with Crippen LogP contribution in [0.3, 0.4) is 0 Å². The number of morpholine rings is 1. The zero-order valence-corrected chi connectivity index (χ0v) is 17.0. The van der Waals surface area contributed by atoms with E-state index in [0.29, 0.717) is 0 Å². The number of alkyl halides is 7. The molecule has 0 aromatic rings. The minimum absolute atomic E-state index is 0.0169. The zero-order chi connectivity index (χ0) is 26.1. The van der Waals surface area contributed by atoms with Gasteiger partial charge >= 0.3 is 24.0 Å². The number of rotatable bonds is 8. The maximum Gasteiger partial charge on any atom is 0.460 e. The number of carbonyl (C=O) groups is 2. The molecule has 0 bridgehead atoms. The normalized spacial score (nSPS) is 26.8. The molecular formula is C17H21F7N2O8. The maximum atomic E-state index is 14.0. The molecule has 34 heavy (non-hydrogen) atoms. The van der Waals surface area contributed by atoms with Crippen LogP contribution >= 0.6 is 0 Å². The number of aliphatic hydroxyl groups is 3. The molecule has 196 valence electrons. The molecule has 0 saturated carbocycles. The Morgan fingerprint density at radius 2 is 1.68 bits per heavy atom. The van der Waals surface area contributed by atoms with E-state index in [1.54, 1.807) is 0 Å². The second-order valence-corrected chi connectivity index (χ2v) is 7.44. The highest BCUT2D eigenvalue weighted by Crippen LogP contribution is 2.46. The SMILES string of the molecule is O=C(O)C1=C[C@H](N2CCOCC2)[C@@H](NC(=O)C(F)(F)C(F)(F)C(F)(F)F)[C@H]([C@H](O)[C@H](O)CO)O1. The highest BCUT2D eigenvalue weighted by molar-refractivity contribution is 5.86. The van der Waals surface area contributed by atoms with Crippen LogP contribution in [0, 0.1) is 0 Å². The number of ether oxygens (including phenoxy) is 2. The minimum atomic E-state index is -6.80. The van der Waals surface area contributed by atoms with E-state index in [0.717, 1.165) is 6.08 Å². The molecule has 0 unspecified atom stereocenters. The van der Waals surface area contributed by atoms with E-state index < -0.39 is 72.7 Å². The monoisotopic (exact) mass is 514 g/mol. The topological polar surface area (TPSA) is 149 Å². The Bertz CT molecular complexity index is 788. The van der Waals surface area contributed by atoms with Gasteiger partial charge in [0.25, 0.3) is 5.91 Å². The molecule has 1 saturated heterocycles. The van der Waals surface area contributed by atoms with Crippen molar-refractivity contribution in [3.63, 3.8) is 0 Å². The molecule has 2 aliphatic rings. The van der Waals surface area contributed by atoms with Crippen molar-refractivity contribution in [3.8, 4) is 0 Å². The number of carbonyl (C=O) groups excluding carboxylic acids is 1. The molecule has 5 N–H and O–H groups in total. The smallest absolute Gasteiger partial charge is 0.460 e. The predicted molar refractivity (Wildman–Crippen MR) is 93.8 cm³/mol. The maximum absolute atomic E-state index is 14.0. The van der Waals surface area contributed by atoms with Crippen molar-refractivity contribution in [3.05, 3.63) is 11.8 Å². The Labute approximate surface area is 186 Å². The quantitative estimate of drug-likeness (QED) is 0.260. The number of carboxylic acids is 1. The van der Waals surface area contributed by atoms with E-state index in [1.807, 2.05) is 0 Å². The third kappa shape index (κ3) is 5.37. The molecule has 0 spiro atoms. The van der Waals surface area contributed by atoms with Crippen LogP contribution in [-0.4, -0.2) is 119 Å². The van der Waals surface area contributed by atoms with Gasteiger partial charge in [0, 0.05) is 13.1 Å². The molecule has 0 aliphatic carbocycles. The fraction of sp³-hybridized carbons (Fsp3) is 0.765. The molecule has 2 heterocycles. The van der Waals surface area contributed by atoms with Crippen LogP contribution < -0.4 is 5.32 Å². The van der Waals surface area contributed by atoms with Crippen molar-refractivity contribution >= 4 is 11.9 Å². The Balaban J connectivity index is 2.51. The molecular weight excluding hydrogens is 493 g/mol. The second-order valence-electron chi connectivity index (χ2n) is 7.44. The van der Waals surface area contributed by atoms with Gasteiger partial charge in [-0.3, -0.25) is 9.69 Å². The van der Waals surface area contributed by atoms with Gasteiger partial charge in [-0.15, -0.1) is 0 Å². The fourth-order valence-electron chi connectivity index (χ4n) is 3.38. The largest absolute Gasteiger partial charge is 0.478 e. The average Bonchev–Trinajstić information content (AvgIpc) is 2.77. The summed E-state index contributed by atoms with van der Waals surface area (Å²) in [4.78, 5) is 24.8. The van der Waals surface area contributed by atoms with E-state index in [2.05, 4.69) is 0 Å². The Morgan fingerprint density at radius 3 is 2.15 bits per heavy atom. The summed E-state index contributed by atoms with van der Waals surface area (Å²) >= 11 is 0. The average molecular weight is 514 g/mol. The number of hydrogen-bond acceptors (Lipinski definition) is 8. The van der Waals surface area contributed by atoms with Crippen molar-refractivity contribution in [2.24, 2.45) is 0 Å². The first-order chi connectivity index (χ1) is 15.6. The summed E-state index contributed by atoms with van der Waals surface area (Å²) in [5.41, 5.74) is 0. The molecule has 0 aromatic carbocycles. The highest BCUT2D eigenvalue weighted by atomic mass is 19.4. The summed E-state index contributed by atoms with van der Waals surface area (Å²) in [6, 6.07) is -3.56. The van der Waals surface area contributed by atoms with Crippen LogP contribution in [-0.2, 0) is 19.1 Å². The first-order valence-electron chi connectivity index (χ1n) is 9.60. The van der Waals surface area contributed by atoms with E-state index in [4.69, 9.17) is 14.6 Å². The number of aliphatic hydroxyl groups excluding tert-OH is 3.